The summed E-state index contributed by atoms with van der Waals surface area (Å²) < 4.78 is 0. The molecule has 72 valence electrons. The maximum Gasteiger partial charge on any atom is 0.230 e. The molecule has 0 amide bonds. The van der Waals surface area contributed by atoms with Gasteiger partial charge in [0.2, 0.25) is 5.16 Å². The van der Waals surface area contributed by atoms with Crippen molar-refractivity contribution in [3.63, 3.8) is 0 Å². The molecule has 2 rings (SSSR count). The number of aromatic nitrogens is 4. The molecule has 5 nitrogen and oxygen atoms in total. The van der Waals surface area contributed by atoms with Gasteiger partial charge in [0.25, 0.3) is 0 Å². The van der Waals surface area contributed by atoms with Gasteiger partial charge in [0.05, 0.1) is 0 Å². The summed E-state index contributed by atoms with van der Waals surface area (Å²) in [5.74, 6) is 6.28. The molecular formula is C8H9N5S. The van der Waals surface area contributed by atoms with Crippen molar-refractivity contribution in [1.29, 1.82) is 0 Å². The molecule has 6 heteroatoms. The largest absolute Gasteiger partial charge is 0.319 e. The van der Waals surface area contributed by atoms with Crippen LogP contribution in [0.5, 0.6) is 0 Å². The lowest BCUT2D eigenvalue weighted by molar-refractivity contribution is 0.716. The Morgan fingerprint density at radius 1 is 1.29 bits per heavy atom. The minimum Gasteiger partial charge on any atom is -0.319 e. The summed E-state index contributed by atoms with van der Waals surface area (Å²) in [6.07, 6.45) is 0. The SMILES string of the molecule is Nn1nnnc1SCc1ccccc1. The van der Waals surface area contributed by atoms with Crippen molar-refractivity contribution in [3.8, 4) is 0 Å². The van der Waals surface area contributed by atoms with E-state index in [-0.39, 0.29) is 0 Å². The summed E-state index contributed by atoms with van der Waals surface area (Å²) in [5, 5.41) is 11.4. The Morgan fingerprint density at radius 2 is 2.07 bits per heavy atom. The smallest absolute Gasteiger partial charge is 0.230 e. The third kappa shape index (κ3) is 2.02. The van der Waals surface area contributed by atoms with Gasteiger partial charge in [-0.1, -0.05) is 47.2 Å². The molecule has 2 aromatic rings. The van der Waals surface area contributed by atoms with Crippen LogP contribution >= 0.6 is 11.8 Å². The van der Waals surface area contributed by atoms with Crippen molar-refractivity contribution in [3.05, 3.63) is 35.9 Å². The zero-order chi connectivity index (χ0) is 9.80. The van der Waals surface area contributed by atoms with E-state index in [0.29, 0.717) is 5.16 Å². The number of thioether (sulfide) groups is 1. The third-order valence-electron chi connectivity index (χ3n) is 1.67. The van der Waals surface area contributed by atoms with Crippen LogP contribution in [0.4, 0.5) is 0 Å². The first-order valence-electron chi connectivity index (χ1n) is 4.06. The zero-order valence-electron chi connectivity index (χ0n) is 7.37. The molecule has 0 bridgehead atoms. The topological polar surface area (TPSA) is 69.6 Å². The van der Waals surface area contributed by atoms with Crippen LogP contribution < -0.4 is 5.84 Å². The fourth-order valence-corrected chi connectivity index (χ4v) is 1.75. The standard InChI is InChI=1S/C8H9N5S/c9-13-8(10-11-12-13)14-6-7-4-2-1-3-5-7/h1-5H,6,9H2. The first-order valence-corrected chi connectivity index (χ1v) is 5.05. The molecule has 0 radical (unpaired) electrons. The Kier molecular flexibility index (Phi) is 2.64. The number of rotatable bonds is 3. The Balaban J connectivity index is 1.99. The number of nitrogen functional groups attached to an aromatic ring is 1. The highest BCUT2D eigenvalue weighted by Crippen LogP contribution is 2.17. The third-order valence-corrected chi connectivity index (χ3v) is 2.68. The Morgan fingerprint density at radius 3 is 2.71 bits per heavy atom. The van der Waals surface area contributed by atoms with Gasteiger partial charge in [-0.15, -0.1) is 4.79 Å². The van der Waals surface area contributed by atoms with Crippen molar-refractivity contribution in [2.24, 2.45) is 0 Å². The van der Waals surface area contributed by atoms with Crippen LogP contribution in [0, 0.1) is 0 Å². The van der Waals surface area contributed by atoms with Gasteiger partial charge in [-0.2, -0.15) is 0 Å². The van der Waals surface area contributed by atoms with Gasteiger partial charge >= 0.3 is 0 Å². The predicted molar refractivity (Wildman–Crippen MR) is 54.0 cm³/mol. The summed E-state index contributed by atoms with van der Waals surface area (Å²) in [7, 11) is 0. The molecule has 0 aliphatic heterocycles. The Hall–Kier alpha value is -1.56. The molecule has 1 aromatic heterocycles. The second-order valence-corrected chi connectivity index (χ2v) is 3.62. The summed E-state index contributed by atoms with van der Waals surface area (Å²) in [6, 6.07) is 10.1. The van der Waals surface area contributed by atoms with Gasteiger partial charge in [0.1, 0.15) is 0 Å². The van der Waals surface area contributed by atoms with Gasteiger partial charge < -0.3 is 5.84 Å². The van der Waals surface area contributed by atoms with E-state index >= 15 is 0 Å². The van der Waals surface area contributed by atoms with E-state index in [9.17, 15) is 0 Å². The van der Waals surface area contributed by atoms with E-state index < -0.39 is 0 Å². The molecule has 2 N–H and O–H groups in total. The number of hydrogen-bond acceptors (Lipinski definition) is 5. The van der Waals surface area contributed by atoms with E-state index in [1.807, 2.05) is 18.2 Å². The van der Waals surface area contributed by atoms with Crippen LogP contribution in [-0.2, 0) is 5.75 Å². The van der Waals surface area contributed by atoms with Gasteiger partial charge in [-0.05, 0) is 16.0 Å². The van der Waals surface area contributed by atoms with Crippen molar-refractivity contribution in [1.82, 2.24) is 20.3 Å². The molecule has 0 fully saturated rings. The molecule has 0 saturated heterocycles. The minimum absolute atomic E-state index is 0.619. The second kappa shape index (κ2) is 4.10. The van der Waals surface area contributed by atoms with E-state index in [1.54, 1.807) is 0 Å². The van der Waals surface area contributed by atoms with Crippen LogP contribution in [0.1, 0.15) is 5.56 Å². The van der Waals surface area contributed by atoms with Crippen molar-refractivity contribution in [2.75, 3.05) is 5.84 Å². The normalized spacial score (nSPS) is 10.3. The van der Waals surface area contributed by atoms with Gasteiger partial charge in [-0.25, -0.2) is 0 Å². The van der Waals surface area contributed by atoms with Gasteiger partial charge in [-0.3, -0.25) is 0 Å². The molecule has 1 heterocycles. The first kappa shape index (κ1) is 9.01. The van der Waals surface area contributed by atoms with Crippen LogP contribution in [0.3, 0.4) is 0 Å². The number of nitrogens with two attached hydrogens (primary N) is 1. The minimum atomic E-state index is 0.619. The van der Waals surface area contributed by atoms with E-state index in [1.165, 1.54) is 22.1 Å². The summed E-state index contributed by atoms with van der Waals surface area (Å²) in [6.45, 7) is 0. The summed E-state index contributed by atoms with van der Waals surface area (Å²) in [4.78, 5) is 1.17. The van der Waals surface area contributed by atoms with E-state index in [2.05, 4.69) is 27.7 Å². The quantitative estimate of drug-likeness (QED) is 0.592. The molecule has 0 atom stereocenters. The fraction of sp³-hybridized carbons (Fsp3) is 0.125. The van der Waals surface area contributed by atoms with Crippen LogP contribution in [0.2, 0.25) is 0 Å². The van der Waals surface area contributed by atoms with Crippen molar-refractivity contribution < 1.29 is 0 Å². The first-order chi connectivity index (χ1) is 6.86. The molecule has 0 unspecified atom stereocenters. The highest BCUT2D eigenvalue weighted by atomic mass is 32.2. The van der Waals surface area contributed by atoms with E-state index in [4.69, 9.17) is 5.84 Å². The molecular weight excluding hydrogens is 198 g/mol. The second-order valence-electron chi connectivity index (χ2n) is 2.68. The van der Waals surface area contributed by atoms with Gasteiger partial charge in [0.15, 0.2) is 0 Å². The zero-order valence-corrected chi connectivity index (χ0v) is 8.18. The fourth-order valence-electron chi connectivity index (χ4n) is 1.00. The lowest BCUT2D eigenvalue weighted by Crippen LogP contribution is -2.11. The molecule has 1 aromatic carbocycles. The summed E-state index contributed by atoms with van der Waals surface area (Å²) in [5.41, 5.74) is 1.22. The van der Waals surface area contributed by atoms with E-state index in [0.717, 1.165) is 5.75 Å². The predicted octanol–water partition coefficient (Wildman–Crippen LogP) is 0.679. The highest BCUT2D eigenvalue weighted by Gasteiger charge is 2.03. The lowest BCUT2D eigenvalue weighted by Gasteiger charge is -1.98. The maximum absolute atomic E-state index is 5.46. The monoisotopic (exact) mass is 207 g/mol. The number of nitrogens with zero attached hydrogens (tertiary/aromatic N) is 4. The highest BCUT2D eigenvalue weighted by molar-refractivity contribution is 7.98. The van der Waals surface area contributed by atoms with Crippen LogP contribution in [-0.4, -0.2) is 20.3 Å². The number of benzene rings is 1. The van der Waals surface area contributed by atoms with Crippen molar-refractivity contribution in [2.45, 2.75) is 10.9 Å². The maximum atomic E-state index is 5.46. The van der Waals surface area contributed by atoms with Crippen LogP contribution in [0.25, 0.3) is 0 Å². The van der Waals surface area contributed by atoms with Crippen molar-refractivity contribution >= 4 is 11.8 Å². The molecule has 0 spiro atoms. The Bertz CT molecular complexity index is 399. The average molecular weight is 207 g/mol. The number of tetrazole rings is 1. The molecule has 0 saturated carbocycles. The average Bonchev–Trinajstić information content (AvgIpc) is 2.63. The summed E-state index contributed by atoms with van der Waals surface area (Å²) >= 11 is 1.51. The van der Waals surface area contributed by atoms with Crippen LogP contribution in [0.15, 0.2) is 35.5 Å². The molecule has 0 aliphatic rings. The lowest BCUT2D eigenvalue weighted by atomic mass is 10.2. The number of hydrogen-bond donors (Lipinski definition) is 1. The van der Waals surface area contributed by atoms with Gasteiger partial charge in [0, 0.05) is 5.75 Å². The molecule has 0 aliphatic carbocycles. The Labute approximate surface area is 85.3 Å². The molecule has 14 heavy (non-hydrogen) atoms.